The monoisotopic (exact) mass is 441 g/mol. The summed E-state index contributed by atoms with van der Waals surface area (Å²) in [5.74, 6) is 0.592. The van der Waals surface area contributed by atoms with Crippen LogP contribution in [-0.4, -0.2) is 62.9 Å². The molecule has 8 heteroatoms. The van der Waals surface area contributed by atoms with Crippen molar-refractivity contribution in [2.45, 2.75) is 6.61 Å². The number of nitrogens with one attached hydrogen (secondary N) is 1. The molecule has 0 spiro atoms. The van der Waals surface area contributed by atoms with Crippen molar-refractivity contribution in [3.63, 3.8) is 0 Å². The fourth-order valence-electron chi connectivity index (χ4n) is 3.85. The zero-order valence-corrected chi connectivity index (χ0v) is 18.0. The van der Waals surface area contributed by atoms with Crippen molar-refractivity contribution < 1.29 is 14.3 Å². The molecule has 1 saturated heterocycles. The van der Waals surface area contributed by atoms with E-state index in [-0.39, 0.29) is 18.6 Å². The number of ether oxygens (including phenoxy) is 1. The summed E-state index contributed by atoms with van der Waals surface area (Å²) in [6, 6.07) is 20.7. The molecule has 0 atom stereocenters. The van der Waals surface area contributed by atoms with Crippen molar-refractivity contribution in [1.29, 1.82) is 0 Å². The number of carbonyl (C=O) groups excluding carboxylic acids is 2. The number of piperazine rings is 1. The van der Waals surface area contributed by atoms with Gasteiger partial charge in [-0.2, -0.15) is 0 Å². The van der Waals surface area contributed by atoms with Crippen molar-refractivity contribution in [2.75, 3.05) is 26.2 Å². The summed E-state index contributed by atoms with van der Waals surface area (Å²) in [4.78, 5) is 41.0. The number of hydrogen-bond acceptors (Lipinski definition) is 5. The third-order valence-electron chi connectivity index (χ3n) is 5.67. The lowest BCUT2D eigenvalue weighted by Gasteiger charge is -2.34. The molecule has 0 unspecified atom stereocenters. The number of pyridine rings is 1. The maximum Gasteiger partial charge on any atom is 0.410 e. The van der Waals surface area contributed by atoms with Gasteiger partial charge in [0, 0.05) is 37.9 Å². The van der Waals surface area contributed by atoms with Crippen LogP contribution in [0.15, 0.2) is 72.9 Å². The van der Waals surface area contributed by atoms with Gasteiger partial charge in [0.05, 0.1) is 11.0 Å². The van der Waals surface area contributed by atoms with Gasteiger partial charge in [0.15, 0.2) is 5.82 Å². The first-order valence-electron chi connectivity index (χ1n) is 10.8. The number of amides is 2. The molecule has 166 valence electrons. The highest BCUT2D eigenvalue weighted by atomic mass is 16.6. The summed E-state index contributed by atoms with van der Waals surface area (Å²) in [6.45, 7) is 2.03. The average Bonchev–Trinajstić information content (AvgIpc) is 3.32. The maximum atomic E-state index is 13.0. The number of imidazole rings is 1. The Morgan fingerprint density at radius 2 is 1.67 bits per heavy atom. The van der Waals surface area contributed by atoms with Crippen LogP contribution in [0.25, 0.3) is 22.6 Å². The number of H-pyrrole nitrogens is 1. The molecule has 1 fully saturated rings. The second-order valence-electron chi connectivity index (χ2n) is 7.85. The predicted molar refractivity (Wildman–Crippen MR) is 123 cm³/mol. The molecule has 1 aliphatic heterocycles. The van der Waals surface area contributed by atoms with Crippen LogP contribution in [0.5, 0.6) is 0 Å². The lowest BCUT2D eigenvalue weighted by atomic mass is 10.1. The number of carbonyl (C=O) groups is 2. The van der Waals surface area contributed by atoms with Gasteiger partial charge in [-0.3, -0.25) is 9.78 Å². The lowest BCUT2D eigenvalue weighted by molar-refractivity contribution is 0.0544. The van der Waals surface area contributed by atoms with Crippen molar-refractivity contribution >= 4 is 23.0 Å². The Balaban J connectivity index is 1.20. The molecular formula is C25H23N5O3. The van der Waals surface area contributed by atoms with Crippen LogP contribution in [0.1, 0.15) is 15.9 Å². The van der Waals surface area contributed by atoms with Crippen LogP contribution in [-0.2, 0) is 11.3 Å². The first-order valence-corrected chi connectivity index (χ1v) is 10.8. The standard InChI is InChI=1S/C25H23N5O3/c31-24(19-9-10-20-22(16-19)28-23(27-20)21-8-4-5-11-26-21)29-12-14-30(15-13-29)25(32)33-17-18-6-2-1-3-7-18/h1-11,16H,12-15,17H2,(H,27,28). The number of aromatic nitrogens is 3. The van der Waals surface area contributed by atoms with E-state index in [0.29, 0.717) is 43.1 Å². The van der Waals surface area contributed by atoms with Crippen molar-refractivity contribution in [3.8, 4) is 11.5 Å². The van der Waals surface area contributed by atoms with Gasteiger partial charge < -0.3 is 19.5 Å². The van der Waals surface area contributed by atoms with Crippen LogP contribution in [0.4, 0.5) is 4.79 Å². The maximum absolute atomic E-state index is 13.0. The zero-order chi connectivity index (χ0) is 22.6. The third-order valence-corrected chi connectivity index (χ3v) is 5.67. The van der Waals surface area contributed by atoms with Crippen molar-refractivity contribution in [1.82, 2.24) is 24.8 Å². The molecule has 2 aromatic heterocycles. The van der Waals surface area contributed by atoms with Crippen LogP contribution < -0.4 is 0 Å². The molecule has 1 aliphatic rings. The molecule has 2 aromatic carbocycles. The summed E-state index contributed by atoms with van der Waals surface area (Å²) < 4.78 is 5.40. The Hall–Kier alpha value is -4.20. The van der Waals surface area contributed by atoms with Gasteiger partial charge in [-0.15, -0.1) is 0 Å². The van der Waals surface area contributed by atoms with E-state index >= 15 is 0 Å². The Bertz CT molecular complexity index is 1270. The van der Waals surface area contributed by atoms with Crippen molar-refractivity contribution in [2.24, 2.45) is 0 Å². The molecule has 0 radical (unpaired) electrons. The van der Waals surface area contributed by atoms with E-state index < -0.39 is 0 Å². The first-order chi connectivity index (χ1) is 16.2. The molecule has 33 heavy (non-hydrogen) atoms. The smallest absolute Gasteiger partial charge is 0.410 e. The number of hydrogen-bond donors (Lipinski definition) is 1. The number of nitrogens with zero attached hydrogens (tertiary/aromatic N) is 4. The Morgan fingerprint density at radius 1 is 0.909 bits per heavy atom. The second-order valence-corrected chi connectivity index (χ2v) is 7.85. The molecule has 0 saturated carbocycles. The van der Waals surface area contributed by atoms with Gasteiger partial charge in [-0.05, 0) is 35.9 Å². The minimum absolute atomic E-state index is 0.0726. The van der Waals surface area contributed by atoms with E-state index in [1.54, 1.807) is 28.1 Å². The van der Waals surface area contributed by atoms with E-state index in [9.17, 15) is 9.59 Å². The average molecular weight is 441 g/mol. The van der Waals surface area contributed by atoms with E-state index in [2.05, 4.69) is 15.0 Å². The SMILES string of the molecule is O=C(OCc1ccccc1)N1CCN(C(=O)c2ccc3[nH]c(-c4ccccn4)nc3c2)CC1. The normalized spacial score (nSPS) is 13.8. The number of rotatable bonds is 4. The zero-order valence-electron chi connectivity index (χ0n) is 18.0. The first kappa shape index (κ1) is 20.7. The largest absolute Gasteiger partial charge is 0.445 e. The quantitative estimate of drug-likeness (QED) is 0.521. The minimum atomic E-state index is -0.356. The molecule has 5 rings (SSSR count). The molecule has 8 nitrogen and oxygen atoms in total. The fourth-order valence-corrected chi connectivity index (χ4v) is 3.85. The van der Waals surface area contributed by atoms with E-state index in [1.807, 2.05) is 54.6 Å². The van der Waals surface area contributed by atoms with Gasteiger partial charge in [0.1, 0.15) is 12.3 Å². The summed E-state index contributed by atoms with van der Waals surface area (Å²) in [7, 11) is 0. The van der Waals surface area contributed by atoms with Crippen LogP contribution in [0.3, 0.4) is 0 Å². The summed E-state index contributed by atoms with van der Waals surface area (Å²) in [5, 5.41) is 0. The summed E-state index contributed by atoms with van der Waals surface area (Å²) in [6.07, 6.45) is 1.36. The minimum Gasteiger partial charge on any atom is -0.445 e. The number of benzene rings is 2. The second kappa shape index (κ2) is 9.12. The molecular weight excluding hydrogens is 418 g/mol. The Morgan fingerprint density at radius 3 is 2.42 bits per heavy atom. The fraction of sp³-hybridized carbons (Fsp3) is 0.200. The van der Waals surface area contributed by atoms with E-state index in [0.717, 1.165) is 16.8 Å². The molecule has 2 amide bonds. The molecule has 1 N–H and O–H groups in total. The van der Waals surface area contributed by atoms with E-state index in [4.69, 9.17) is 4.74 Å². The van der Waals surface area contributed by atoms with Gasteiger partial charge >= 0.3 is 6.09 Å². The summed E-state index contributed by atoms with van der Waals surface area (Å²) in [5.41, 5.74) is 3.82. The van der Waals surface area contributed by atoms with Gasteiger partial charge in [0.25, 0.3) is 5.91 Å². The summed E-state index contributed by atoms with van der Waals surface area (Å²) >= 11 is 0. The third kappa shape index (κ3) is 4.55. The number of aromatic amines is 1. The highest BCUT2D eigenvalue weighted by Crippen LogP contribution is 2.21. The predicted octanol–water partition coefficient (Wildman–Crippen LogP) is 3.72. The molecule has 0 aliphatic carbocycles. The van der Waals surface area contributed by atoms with Gasteiger partial charge in [-0.25, -0.2) is 9.78 Å². The van der Waals surface area contributed by atoms with Crippen LogP contribution in [0, 0.1) is 0 Å². The van der Waals surface area contributed by atoms with Gasteiger partial charge in [-0.1, -0.05) is 36.4 Å². The Kier molecular flexibility index (Phi) is 5.72. The Labute approximate surface area is 190 Å². The lowest BCUT2D eigenvalue weighted by Crippen LogP contribution is -2.50. The highest BCUT2D eigenvalue weighted by molar-refractivity contribution is 5.97. The highest BCUT2D eigenvalue weighted by Gasteiger charge is 2.26. The van der Waals surface area contributed by atoms with Crippen LogP contribution in [0.2, 0.25) is 0 Å². The molecule has 0 bridgehead atoms. The van der Waals surface area contributed by atoms with Crippen molar-refractivity contribution in [3.05, 3.63) is 84.1 Å². The van der Waals surface area contributed by atoms with Gasteiger partial charge in [0.2, 0.25) is 0 Å². The van der Waals surface area contributed by atoms with Crippen LogP contribution >= 0.6 is 0 Å². The molecule has 3 heterocycles. The number of fused-ring (bicyclic) bond motifs is 1. The topological polar surface area (TPSA) is 91.4 Å². The molecule has 4 aromatic rings. The van der Waals surface area contributed by atoms with E-state index in [1.165, 1.54) is 0 Å².